The van der Waals surface area contributed by atoms with E-state index in [0.717, 1.165) is 9.35 Å². The Hall–Kier alpha value is -1.60. The molecule has 0 aliphatic carbocycles. The molecule has 0 aliphatic rings. The summed E-state index contributed by atoms with van der Waals surface area (Å²) in [7, 11) is 0. The number of nitrogens with zero attached hydrogens (tertiary/aromatic N) is 1. The number of hydrogen-bond donors (Lipinski definition) is 2. The Morgan fingerprint density at radius 2 is 2.00 bits per heavy atom. The van der Waals surface area contributed by atoms with Crippen molar-refractivity contribution in [3.63, 3.8) is 0 Å². The minimum atomic E-state index is -0.357. The zero-order valence-electron chi connectivity index (χ0n) is 10.9. The molecule has 106 valence electrons. The number of hydrogen-bond acceptors (Lipinski definition) is 5. The lowest BCUT2D eigenvalue weighted by Gasteiger charge is -2.10. The number of para-hydroxylation sites is 1. The molecule has 0 unspecified atom stereocenters. The molecule has 0 aliphatic heterocycles. The standard InChI is InChI=1S/C13H14BrN3O2S/c1-2-15-10-4-3-5-11(13(10)17(18)19)16-8-12-9(14)6-7-20-12/h3-7,15-16H,2,8H2,1H3. The number of nitrogens with one attached hydrogen (secondary N) is 2. The Morgan fingerprint density at radius 1 is 1.30 bits per heavy atom. The molecular weight excluding hydrogens is 342 g/mol. The minimum absolute atomic E-state index is 0.0852. The van der Waals surface area contributed by atoms with Crippen molar-refractivity contribution in [2.75, 3.05) is 17.2 Å². The van der Waals surface area contributed by atoms with Crippen LogP contribution in [0.3, 0.4) is 0 Å². The molecule has 0 saturated heterocycles. The van der Waals surface area contributed by atoms with Crippen LogP contribution in [0.2, 0.25) is 0 Å². The molecule has 0 atom stereocenters. The topological polar surface area (TPSA) is 67.2 Å². The van der Waals surface area contributed by atoms with E-state index in [9.17, 15) is 10.1 Å². The van der Waals surface area contributed by atoms with Gasteiger partial charge in [-0.25, -0.2) is 0 Å². The second-order valence-electron chi connectivity index (χ2n) is 4.03. The Kier molecular flexibility index (Phi) is 4.97. The summed E-state index contributed by atoms with van der Waals surface area (Å²) in [6.45, 7) is 3.10. The summed E-state index contributed by atoms with van der Waals surface area (Å²) >= 11 is 5.05. The number of thiophene rings is 1. The number of nitro groups is 1. The van der Waals surface area contributed by atoms with Crippen molar-refractivity contribution in [3.05, 3.63) is 49.1 Å². The predicted molar refractivity (Wildman–Crippen MR) is 86.6 cm³/mol. The molecule has 2 rings (SSSR count). The van der Waals surface area contributed by atoms with Crippen molar-refractivity contribution < 1.29 is 4.92 Å². The van der Waals surface area contributed by atoms with Crippen molar-refractivity contribution in [1.82, 2.24) is 0 Å². The minimum Gasteiger partial charge on any atom is -0.380 e. The first kappa shape index (κ1) is 14.8. The fourth-order valence-electron chi connectivity index (χ4n) is 1.84. The molecule has 2 N–H and O–H groups in total. The molecule has 7 heteroatoms. The van der Waals surface area contributed by atoms with Crippen LogP contribution in [0, 0.1) is 10.1 Å². The maximum Gasteiger partial charge on any atom is 0.315 e. The van der Waals surface area contributed by atoms with E-state index in [2.05, 4.69) is 26.6 Å². The molecule has 0 fully saturated rings. The Morgan fingerprint density at radius 3 is 2.55 bits per heavy atom. The van der Waals surface area contributed by atoms with Gasteiger partial charge in [0.2, 0.25) is 0 Å². The van der Waals surface area contributed by atoms with Crippen LogP contribution in [0.25, 0.3) is 0 Å². The molecule has 1 aromatic carbocycles. The zero-order chi connectivity index (χ0) is 14.5. The molecule has 2 aromatic rings. The first-order valence-corrected chi connectivity index (χ1v) is 7.77. The van der Waals surface area contributed by atoms with E-state index in [1.54, 1.807) is 29.5 Å². The van der Waals surface area contributed by atoms with E-state index >= 15 is 0 Å². The van der Waals surface area contributed by atoms with E-state index in [4.69, 9.17) is 0 Å². The highest BCUT2D eigenvalue weighted by Gasteiger charge is 2.19. The highest BCUT2D eigenvalue weighted by Crippen LogP contribution is 2.33. The number of anilines is 2. The predicted octanol–water partition coefficient (Wildman–Crippen LogP) is 4.46. The van der Waals surface area contributed by atoms with Crippen LogP contribution in [0.1, 0.15) is 11.8 Å². The van der Waals surface area contributed by atoms with Gasteiger partial charge < -0.3 is 10.6 Å². The second kappa shape index (κ2) is 6.71. The summed E-state index contributed by atoms with van der Waals surface area (Å²) in [5.74, 6) is 0. The summed E-state index contributed by atoms with van der Waals surface area (Å²) in [5, 5.41) is 19.4. The Labute approximate surface area is 129 Å². The molecule has 1 heterocycles. The van der Waals surface area contributed by atoms with Crippen molar-refractivity contribution in [2.24, 2.45) is 0 Å². The number of benzene rings is 1. The number of rotatable bonds is 6. The molecular formula is C13H14BrN3O2S. The van der Waals surface area contributed by atoms with Gasteiger partial charge in [-0.15, -0.1) is 11.3 Å². The molecule has 0 spiro atoms. The van der Waals surface area contributed by atoms with Crippen molar-refractivity contribution in [3.8, 4) is 0 Å². The van der Waals surface area contributed by atoms with Gasteiger partial charge >= 0.3 is 5.69 Å². The van der Waals surface area contributed by atoms with Crippen molar-refractivity contribution >= 4 is 44.3 Å². The third-order valence-electron chi connectivity index (χ3n) is 2.72. The van der Waals surface area contributed by atoms with Crippen LogP contribution in [0.15, 0.2) is 34.1 Å². The molecule has 1 aromatic heterocycles. The molecule has 0 amide bonds. The third-order valence-corrected chi connectivity index (χ3v) is 4.64. The van der Waals surface area contributed by atoms with Crippen LogP contribution in [-0.2, 0) is 6.54 Å². The van der Waals surface area contributed by atoms with Gasteiger partial charge in [-0.1, -0.05) is 6.07 Å². The quantitative estimate of drug-likeness (QED) is 0.592. The zero-order valence-corrected chi connectivity index (χ0v) is 13.3. The van der Waals surface area contributed by atoms with Gasteiger partial charge in [0.1, 0.15) is 11.4 Å². The van der Waals surface area contributed by atoms with Crippen LogP contribution >= 0.6 is 27.3 Å². The van der Waals surface area contributed by atoms with Gasteiger partial charge in [0.15, 0.2) is 0 Å². The SMILES string of the molecule is CCNc1cccc(NCc2sccc2Br)c1[N+](=O)[O-]. The normalized spacial score (nSPS) is 10.3. The van der Waals surface area contributed by atoms with Gasteiger partial charge in [0, 0.05) is 15.9 Å². The third kappa shape index (κ3) is 3.29. The Bertz CT molecular complexity index is 615. The van der Waals surface area contributed by atoms with E-state index in [-0.39, 0.29) is 10.6 Å². The highest BCUT2D eigenvalue weighted by molar-refractivity contribution is 9.10. The first-order chi connectivity index (χ1) is 9.63. The fourth-order valence-corrected chi connectivity index (χ4v) is 3.27. The monoisotopic (exact) mass is 355 g/mol. The number of nitro benzene ring substituents is 1. The van der Waals surface area contributed by atoms with Crippen LogP contribution < -0.4 is 10.6 Å². The average molecular weight is 356 g/mol. The molecule has 5 nitrogen and oxygen atoms in total. The maximum absolute atomic E-state index is 11.3. The summed E-state index contributed by atoms with van der Waals surface area (Å²) in [4.78, 5) is 12.0. The van der Waals surface area contributed by atoms with E-state index in [0.29, 0.717) is 24.5 Å². The second-order valence-corrected chi connectivity index (χ2v) is 5.89. The van der Waals surface area contributed by atoms with Crippen molar-refractivity contribution in [1.29, 1.82) is 0 Å². The van der Waals surface area contributed by atoms with E-state index < -0.39 is 0 Å². The first-order valence-electron chi connectivity index (χ1n) is 6.10. The summed E-state index contributed by atoms with van der Waals surface area (Å²) in [6.07, 6.45) is 0. The molecule has 0 bridgehead atoms. The largest absolute Gasteiger partial charge is 0.380 e. The highest BCUT2D eigenvalue weighted by atomic mass is 79.9. The van der Waals surface area contributed by atoms with E-state index in [1.807, 2.05) is 18.4 Å². The lowest BCUT2D eigenvalue weighted by Crippen LogP contribution is -2.06. The molecule has 0 saturated carbocycles. The summed E-state index contributed by atoms with van der Waals surface area (Å²) < 4.78 is 1.01. The fraction of sp³-hybridized carbons (Fsp3) is 0.231. The maximum atomic E-state index is 11.3. The van der Waals surface area contributed by atoms with Crippen LogP contribution in [-0.4, -0.2) is 11.5 Å². The van der Waals surface area contributed by atoms with Gasteiger partial charge in [0.25, 0.3) is 0 Å². The lowest BCUT2D eigenvalue weighted by molar-refractivity contribution is -0.383. The van der Waals surface area contributed by atoms with Crippen LogP contribution in [0.5, 0.6) is 0 Å². The van der Waals surface area contributed by atoms with Gasteiger partial charge in [0.05, 0.1) is 11.5 Å². The van der Waals surface area contributed by atoms with E-state index in [1.165, 1.54) is 0 Å². The average Bonchev–Trinajstić information content (AvgIpc) is 2.82. The van der Waals surface area contributed by atoms with Crippen molar-refractivity contribution in [2.45, 2.75) is 13.5 Å². The van der Waals surface area contributed by atoms with Crippen LogP contribution in [0.4, 0.5) is 17.1 Å². The summed E-state index contributed by atoms with van der Waals surface area (Å²) in [6, 6.07) is 7.20. The number of halogens is 1. The van der Waals surface area contributed by atoms with Gasteiger partial charge in [-0.2, -0.15) is 0 Å². The Balaban J connectivity index is 2.24. The molecule has 0 radical (unpaired) electrons. The van der Waals surface area contributed by atoms with Gasteiger partial charge in [-0.3, -0.25) is 10.1 Å². The van der Waals surface area contributed by atoms with Gasteiger partial charge in [-0.05, 0) is 46.4 Å². The smallest absolute Gasteiger partial charge is 0.315 e. The lowest BCUT2D eigenvalue weighted by atomic mass is 10.2. The summed E-state index contributed by atoms with van der Waals surface area (Å²) in [5.41, 5.74) is 1.14. The molecule has 20 heavy (non-hydrogen) atoms.